The van der Waals surface area contributed by atoms with Gasteiger partial charge in [0.1, 0.15) is 0 Å². The lowest BCUT2D eigenvalue weighted by Crippen LogP contribution is -2.17. The third kappa shape index (κ3) is 2.45. The van der Waals surface area contributed by atoms with Crippen LogP contribution in [0.5, 0.6) is 5.88 Å². The Bertz CT molecular complexity index is 614. The number of ether oxygens (including phenoxy) is 1. The first-order valence-corrected chi connectivity index (χ1v) is 5.90. The van der Waals surface area contributed by atoms with Gasteiger partial charge in [0.15, 0.2) is 0 Å². The molecule has 0 saturated carbocycles. The molecule has 0 N–H and O–H groups in total. The quantitative estimate of drug-likeness (QED) is 0.815. The highest BCUT2D eigenvalue weighted by atomic mass is 16.5. The van der Waals surface area contributed by atoms with E-state index in [9.17, 15) is 0 Å². The number of aromatic nitrogens is 2. The van der Waals surface area contributed by atoms with E-state index in [0.717, 1.165) is 10.9 Å². The molecule has 1 aromatic heterocycles. The zero-order valence-corrected chi connectivity index (χ0v) is 11.2. The second-order valence-corrected chi connectivity index (χ2v) is 5.62. The number of nitrogens with zero attached hydrogens (tertiary/aromatic N) is 3. The normalized spacial score (nSPS) is 11.5. The third-order valence-electron chi connectivity index (χ3n) is 2.59. The molecule has 4 nitrogen and oxygen atoms in total. The zero-order valence-electron chi connectivity index (χ0n) is 11.2. The molecule has 0 aliphatic carbocycles. The van der Waals surface area contributed by atoms with Gasteiger partial charge in [-0.2, -0.15) is 5.26 Å². The molecule has 0 aliphatic rings. The fourth-order valence-electron chi connectivity index (χ4n) is 1.69. The molecule has 0 amide bonds. The highest BCUT2D eigenvalue weighted by Crippen LogP contribution is 2.26. The minimum Gasteiger partial charge on any atom is -0.476 e. The Kier molecular flexibility index (Phi) is 3.00. The minimum absolute atomic E-state index is 0.0937. The van der Waals surface area contributed by atoms with E-state index in [-0.39, 0.29) is 5.41 Å². The third-order valence-corrected chi connectivity index (χ3v) is 2.59. The summed E-state index contributed by atoms with van der Waals surface area (Å²) in [5.74, 6) is 0.631. The molecule has 0 fully saturated rings. The van der Waals surface area contributed by atoms with E-state index in [2.05, 4.69) is 31.9 Å². The standard InChI is InChI=1S/C14H17N3O/c1-14(2,3)9-18-13-11-6-5-10(8-15)7-12(11)17(4)16-13/h5-7H,9H2,1-4H3. The summed E-state index contributed by atoms with van der Waals surface area (Å²) in [6.45, 7) is 6.96. The van der Waals surface area contributed by atoms with Crippen LogP contribution in [0.2, 0.25) is 0 Å². The highest BCUT2D eigenvalue weighted by molar-refractivity contribution is 5.85. The molecule has 2 aromatic rings. The maximum atomic E-state index is 8.89. The summed E-state index contributed by atoms with van der Waals surface area (Å²) in [5.41, 5.74) is 1.64. The molecule has 1 heterocycles. The van der Waals surface area contributed by atoms with E-state index in [0.29, 0.717) is 18.1 Å². The molecule has 1 aromatic carbocycles. The Labute approximate surface area is 107 Å². The van der Waals surface area contributed by atoms with Gasteiger partial charge in [0.2, 0.25) is 5.88 Å². The average molecular weight is 243 g/mol. The fourth-order valence-corrected chi connectivity index (χ4v) is 1.69. The summed E-state index contributed by atoms with van der Waals surface area (Å²) in [4.78, 5) is 0. The van der Waals surface area contributed by atoms with E-state index in [4.69, 9.17) is 10.00 Å². The van der Waals surface area contributed by atoms with Crippen LogP contribution in [-0.4, -0.2) is 16.4 Å². The average Bonchev–Trinajstić information content (AvgIpc) is 2.62. The first-order valence-electron chi connectivity index (χ1n) is 5.90. The first kappa shape index (κ1) is 12.4. The number of aryl methyl sites for hydroxylation is 1. The van der Waals surface area contributed by atoms with Gasteiger partial charge in [-0.05, 0) is 23.6 Å². The molecule has 2 rings (SSSR count). The number of rotatable bonds is 2. The van der Waals surface area contributed by atoms with Crippen molar-refractivity contribution >= 4 is 10.9 Å². The number of hydrogen-bond acceptors (Lipinski definition) is 3. The number of fused-ring (bicyclic) bond motifs is 1. The smallest absolute Gasteiger partial charge is 0.240 e. The highest BCUT2D eigenvalue weighted by Gasteiger charge is 2.15. The number of hydrogen-bond donors (Lipinski definition) is 0. The van der Waals surface area contributed by atoms with E-state index in [1.54, 1.807) is 10.7 Å². The van der Waals surface area contributed by atoms with Crippen LogP contribution in [0.15, 0.2) is 18.2 Å². The molecule has 0 radical (unpaired) electrons. The molecule has 4 heteroatoms. The first-order chi connectivity index (χ1) is 8.40. The largest absolute Gasteiger partial charge is 0.476 e. The van der Waals surface area contributed by atoms with Gasteiger partial charge in [0, 0.05) is 7.05 Å². The summed E-state index contributed by atoms with van der Waals surface area (Å²) < 4.78 is 7.51. The molecule has 0 bridgehead atoms. The zero-order chi connectivity index (χ0) is 13.3. The van der Waals surface area contributed by atoms with Gasteiger partial charge in [-0.15, -0.1) is 5.10 Å². The molecule has 94 valence electrons. The Hall–Kier alpha value is -2.02. The van der Waals surface area contributed by atoms with Gasteiger partial charge in [0.05, 0.1) is 29.1 Å². The SMILES string of the molecule is Cn1nc(OCC(C)(C)C)c2ccc(C#N)cc21. The molecule has 0 spiro atoms. The minimum atomic E-state index is 0.0937. The van der Waals surface area contributed by atoms with Crippen molar-refractivity contribution in [2.75, 3.05) is 6.61 Å². The number of benzene rings is 1. The van der Waals surface area contributed by atoms with Crippen LogP contribution in [0.3, 0.4) is 0 Å². The Balaban J connectivity index is 2.39. The molecule has 0 saturated heterocycles. The van der Waals surface area contributed by atoms with E-state index >= 15 is 0 Å². The van der Waals surface area contributed by atoms with E-state index < -0.39 is 0 Å². The van der Waals surface area contributed by atoms with Crippen molar-refractivity contribution in [1.29, 1.82) is 5.26 Å². The van der Waals surface area contributed by atoms with Crippen molar-refractivity contribution < 1.29 is 4.74 Å². The maximum absolute atomic E-state index is 8.89. The van der Waals surface area contributed by atoms with Crippen LogP contribution in [-0.2, 0) is 7.05 Å². The lowest BCUT2D eigenvalue weighted by molar-refractivity contribution is 0.192. The molecule has 0 unspecified atom stereocenters. The van der Waals surface area contributed by atoms with Crippen LogP contribution in [0.25, 0.3) is 10.9 Å². The molecular weight excluding hydrogens is 226 g/mol. The summed E-state index contributed by atoms with van der Waals surface area (Å²) in [6, 6.07) is 7.63. The Morgan fingerprint density at radius 2 is 2.11 bits per heavy atom. The van der Waals surface area contributed by atoms with Gasteiger partial charge in [0.25, 0.3) is 0 Å². The van der Waals surface area contributed by atoms with Gasteiger partial charge < -0.3 is 4.74 Å². The lowest BCUT2D eigenvalue weighted by Gasteiger charge is -2.17. The van der Waals surface area contributed by atoms with Crippen molar-refractivity contribution in [3.63, 3.8) is 0 Å². The fraction of sp³-hybridized carbons (Fsp3) is 0.429. The second kappa shape index (κ2) is 4.34. The summed E-state index contributed by atoms with van der Waals surface area (Å²) in [7, 11) is 1.85. The van der Waals surface area contributed by atoms with E-state index in [1.807, 2.05) is 19.2 Å². The van der Waals surface area contributed by atoms with Crippen LogP contribution in [0.4, 0.5) is 0 Å². The van der Waals surface area contributed by atoms with Crippen LogP contribution >= 0.6 is 0 Å². The summed E-state index contributed by atoms with van der Waals surface area (Å²) >= 11 is 0. The predicted octanol–water partition coefficient (Wildman–Crippen LogP) is 2.87. The van der Waals surface area contributed by atoms with Crippen LogP contribution in [0.1, 0.15) is 26.3 Å². The van der Waals surface area contributed by atoms with E-state index in [1.165, 1.54) is 0 Å². The monoisotopic (exact) mass is 243 g/mol. The molecular formula is C14H17N3O. The topological polar surface area (TPSA) is 50.8 Å². The predicted molar refractivity (Wildman–Crippen MR) is 70.4 cm³/mol. The second-order valence-electron chi connectivity index (χ2n) is 5.62. The summed E-state index contributed by atoms with van der Waals surface area (Å²) in [6.07, 6.45) is 0. The lowest BCUT2D eigenvalue weighted by atomic mass is 9.99. The molecule has 0 atom stereocenters. The van der Waals surface area contributed by atoms with Crippen molar-refractivity contribution in [2.24, 2.45) is 12.5 Å². The number of nitriles is 1. The van der Waals surface area contributed by atoms with Crippen molar-refractivity contribution in [3.05, 3.63) is 23.8 Å². The van der Waals surface area contributed by atoms with Gasteiger partial charge in [-0.1, -0.05) is 20.8 Å². The Morgan fingerprint density at radius 3 is 2.72 bits per heavy atom. The van der Waals surface area contributed by atoms with Crippen LogP contribution < -0.4 is 4.74 Å². The van der Waals surface area contributed by atoms with Crippen molar-refractivity contribution in [1.82, 2.24) is 9.78 Å². The maximum Gasteiger partial charge on any atom is 0.240 e. The Morgan fingerprint density at radius 1 is 1.39 bits per heavy atom. The van der Waals surface area contributed by atoms with Gasteiger partial charge in [-0.25, -0.2) is 0 Å². The van der Waals surface area contributed by atoms with Crippen LogP contribution in [0, 0.1) is 16.7 Å². The van der Waals surface area contributed by atoms with Gasteiger partial charge >= 0.3 is 0 Å². The summed E-state index contributed by atoms with van der Waals surface area (Å²) in [5, 5.41) is 14.2. The molecule has 18 heavy (non-hydrogen) atoms. The van der Waals surface area contributed by atoms with Gasteiger partial charge in [-0.3, -0.25) is 4.68 Å². The van der Waals surface area contributed by atoms with Crippen molar-refractivity contribution in [2.45, 2.75) is 20.8 Å². The van der Waals surface area contributed by atoms with Crippen molar-refractivity contribution in [3.8, 4) is 11.9 Å². The molecule has 0 aliphatic heterocycles.